The Hall–Kier alpha value is -2.50. The molecule has 3 aromatic carbocycles. The highest BCUT2D eigenvalue weighted by Crippen LogP contribution is 2.28. The number of nitrogens with two attached hydrogens (primary N) is 1. The van der Waals surface area contributed by atoms with Gasteiger partial charge in [0.05, 0.1) is 23.2 Å². The fourth-order valence-electron chi connectivity index (χ4n) is 3.84. The number of nitrogens with one attached hydrogen (secondary N) is 1. The monoisotopic (exact) mass is 406 g/mol. The van der Waals surface area contributed by atoms with Gasteiger partial charge < -0.3 is 15.0 Å². The van der Waals surface area contributed by atoms with E-state index in [1.54, 1.807) is 0 Å². The molecule has 3 N–H and O–H groups in total. The molecule has 0 unspecified atom stereocenters. The van der Waals surface area contributed by atoms with Gasteiger partial charge in [-0.15, -0.1) is 0 Å². The highest BCUT2D eigenvalue weighted by molar-refractivity contribution is 7.98. The molecular weight excluding hydrogens is 378 g/mol. The van der Waals surface area contributed by atoms with Gasteiger partial charge in [-0.05, 0) is 47.9 Å². The van der Waals surface area contributed by atoms with Gasteiger partial charge in [0, 0.05) is 6.42 Å². The molecule has 4 aromatic rings. The second kappa shape index (κ2) is 9.33. The number of aromatic amines is 1. The first-order chi connectivity index (χ1) is 14.3. The predicted octanol–water partition coefficient (Wildman–Crippen LogP) is 4.67. The minimum absolute atomic E-state index is 0.281. The molecule has 29 heavy (non-hydrogen) atoms. The van der Waals surface area contributed by atoms with Gasteiger partial charge in [0.2, 0.25) is 0 Å². The summed E-state index contributed by atoms with van der Waals surface area (Å²) in [4.78, 5) is 8.41. The van der Waals surface area contributed by atoms with Gasteiger partial charge in [0.25, 0.3) is 0 Å². The first-order valence-corrected chi connectivity index (χ1v) is 11.6. The van der Waals surface area contributed by atoms with Gasteiger partial charge in [-0.25, -0.2) is 4.98 Å². The molecule has 1 aromatic heterocycles. The molecule has 5 heteroatoms. The van der Waals surface area contributed by atoms with Gasteiger partial charge in [-0.2, -0.15) is 11.8 Å². The van der Waals surface area contributed by atoms with E-state index in [-0.39, 0.29) is 6.04 Å². The van der Waals surface area contributed by atoms with E-state index < -0.39 is 0 Å². The van der Waals surface area contributed by atoms with Crippen molar-refractivity contribution >= 4 is 33.6 Å². The minimum atomic E-state index is 0.281. The summed E-state index contributed by atoms with van der Waals surface area (Å²) in [7, 11) is 0. The Bertz CT molecular complexity index is 1060. The zero-order valence-electron chi connectivity index (χ0n) is 17.0. The van der Waals surface area contributed by atoms with Crippen LogP contribution in [0.3, 0.4) is 0 Å². The lowest BCUT2D eigenvalue weighted by Crippen LogP contribution is -2.84. The highest BCUT2D eigenvalue weighted by atomic mass is 32.2. The van der Waals surface area contributed by atoms with E-state index >= 15 is 0 Å². The standard InChI is InChI=1S/C24H27N3OS/c1-3-28-23-13-12-17-8-4-5-9-18(17)19(23)16-25-22(14-15-29-2)24-26-20-10-6-7-11-21(20)27-24/h4-13,22,25H,3,14-16H2,1-2H3,(H,26,27)/p+1/t22-/m0/s1. The van der Waals surface area contributed by atoms with Crippen molar-refractivity contribution in [2.24, 2.45) is 0 Å². The van der Waals surface area contributed by atoms with Crippen LogP contribution in [0, 0.1) is 0 Å². The normalized spacial score (nSPS) is 12.5. The number of aromatic nitrogens is 2. The van der Waals surface area contributed by atoms with Crippen LogP contribution in [0.2, 0.25) is 0 Å². The topological polar surface area (TPSA) is 54.5 Å². The Kier molecular flexibility index (Phi) is 6.37. The summed E-state index contributed by atoms with van der Waals surface area (Å²) in [6.45, 7) is 3.57. The molecule has 0 amide bonds. The Labute approximate surface area is 176 Å². The number of hydrogen-bond donors (Lipinski definition) is 2. The van der Waals surface area contributed by atoms with Crippen molar-refractivity contribution in [2.45, 2.75) is 25.9 Å². The summed E-state index contributed by atoms with van der Waals surface area (Å²) in [6, 6.07) is 21.3. The molecule has 0 saturated carbocycles. The molecule has 0 aliphatic heterocycles. The lowest BCUT2D eigenvalue weighted by Gasteiger charge is -2.16. The van der Waals surface area contributed by atoms with Crippen LogP contribution >= 0.6 is 11.8 Å². The number of quaternary nitrogens is 1. The number of benzene rings is 3. The summed E-state index contributed by atoms with van der Waals surface area (Å²) in [5.74, 6) is 3.14. The fraction of sp³-hybridized carbons (Fsp3) is 0.292. The van der Waals surface area contributed by atoms with Gasteiger partial charge in [-0.1, -0.05) is 42.5 Å². The van der Waals surface area contributed by atoms with Crippen molar-refractivity contribution in [3.8, 4) is 5.75 Å². The van der Waals surface area contributed by atoms with Crippen molar-refractivity contribution in [1.82, 2.24) is 9.97 Å². The van der Waals surface area contributed by atoms with Crippen LogP contribution in [-0.4, -0.2) is 28.6 Å². The van der Waals surface area contributed by atoms with Crippen LogP contribution in [0.1, 0.15) is 30.8 Å². The van der Waals surface area contributed by atoms with Crippen molar-refractivity contribution < 1.29 is 10.1 Å². The third-order valence-electron chi connectivity index (χ3n) is 5.30. The molecule has 0 aliphatic rings. The number of thioether (sulfide) groups is 1. The van der Waals surface area contributed by atoms with Gasteiger partial charge in [0.15, 0.2) is 5.82 Å². The number of fused-ring (bicyclic) bond motifs is 2. The number of ether oxygens (including phenoxy) is 1. The Morgan fingerprint density at radius 3 is 2.72 bits per heavy atom. The average Bonchev–Trinajstić information content (AvgIpc) is 3.19. The van der Waals surface area contributed by atoms with E-state index in [9.17, 15) is 0 Å². The molecule has 0 spiro atoms. The molecule has 0 radical (unpaired) electrons. The number of imidazole rings is 1. The maximum atomic E-state index is 5.96. The number of rotatable bonds is 9. The molecule has 0 saturated heterocycles. The number of para-hydroxylation sites is 2. The molecule has 4 nitrogen and oxygen atoms in total. The van der Waals surface area contributed by atoms with E-state index in [4.69, 9.17) is 9.72 Å². The van der Waals surface area contributed by atoms with Crippen LogP contribution in [0.4, 0.5) is 0 Å². The summed E-state index contributed by atoms with van der Waals surface area (Å²) >= 11 is 1.88. The van der Waals surface area contributed by atoms with Gasteiger partial charge >= 0.3 is 0 Å². The molecule has 1 heterocycles. The third kappa shape index (κ3) is 4.41. The van der Waals surface area contributed by atoms with E-state index in [0.29, 0.717) is 6.61 Å². The SMILES string of the molecule is CCOc1ccc2ccccc2c1C[NH2+][C@@H](CCSC)c1nc2ccccc2[nH]1. The molecule has 0 fully saturated rings. The van der Waals surface area contributed by atoms with Crippen molar-refractivity contribution in [2.75, 3.05) is 18.6 Å². The van der Waals surface area contributed by atoms with Crippen LogP contribution in [0.5, 0.6) is 5.75 Å². The molecule has 4 rings (SSSR count). The van der Waals surface area contributed by atoms with E-state index in [1.807, 2.05) is 24.8 Å². The van der Waals surface area contributed by atoms with Crippen LogP contribution in [0.25, 0.3) is 21.8 Å². The number of H-pyrrole nitrogens is 1. The summed E-state index contributed by atoms with van der Waals surface area (Å²) in [5.41, 5.74) is 3.39. The van der Waals surface area contributed by atoms with Crippen LogP contribution < -0.4 is 10.1 Å². The lowest BCUT2D eigenvalue weighted by atomic mass is 10.0. The summed E-state index contributed by atoms with van der Waals surface area (Å²) in [6.07, 6.45) is 3.23. The average molecular weight is 407 g/mol. The smallest absolute Gasteiger partial charge is 0.165 e. The second-order valence-corrected chi connectivity index (χ2v) is 8.15. The first-order valence-electron chi connectivity index (χ1n) is 10.2. The fourth-order valence-corrected chi connectivity index (χ4v) is 4.33. The summed E-state index contributed by atoms with van der Waals surface area (Å²) in [5, 5.41) is 4.92. The van der Waals surface area contributed by atoms with Crippen molar-refractivity contribution in [3.05, 3.63) is 72.1 Å². The molecule has 0 aliphatic carbocycles. The molecular formula is C24H28N3OS+. The highest BCUT2D eigenvalue weighted by Gasteiger charge is 2.20. The Morgan fingerprint density at radius 2 is 1.90 bits per heavy atom. The Balaban J connectivity index is 1.64. The van der Waals surface area contributed by atoms with Crippen molar-refractivity contribution in [3.63, 3.8) is 0 Å². The zero-order valence-corrected chi connectivity index (χ0v) is 17.8. The largest absolute Gasteiger partial charge is 0.493 e. The first kappa shape index (κ1) is 19.8. The molecule has 0 bridgehead atoms. The summed E-state index contributed by atoms with van der Waals surface area (Å²) < 4.78 is 5.96. The van der Waals surface area contributed by atoms with Gasteiger partial charge in [0.1, 0.15) is 18.3 Å². The number of nitrogens with zero attached hydrogens (tertiary/aromatic N) is 1. The van der Waals surface area contributed by atoms with E-state index in [2.05, 4.69) is 71.2 Å². The predicted molar refractivity (Wildman–Crippen MR) is 123 cm³/mol. The molecule has 1 atom stereocenters. The van der Waals surface area contributed by atoms with Crippen LogP contribution in [0.15, 0.2) is 60.7 Å². The minimum Gasteiger partial charge on any atom is -0.493 e. The van der Waals surface area contributed by atoms with E-state index in [0.717, 1.165) is 41.3 Å². The number of hydrogen-bond acceptors (Lipinski definition) is 3. The quantitative estimate of drug-likeness (QED) is 0.425. The second-order valence-electron chi connectivity index (χ2n) is 7.16. The van der Waals surface area contributed by atoms with E-state index in [1.165, 1.54) is 16.3 Å². The Morgan fingerprint density at radius 1 is 1.07 bits per heavy atom. The third-order valence-corrected chi connectivity index (χ3v) is 5.94. The molecule has 150 valence electrons. The zero-order chi connectivity index (χ0) is 20.1. The van der Waals surface area contributed by atoms with Gasteiger partial charge in [-0.3, -0.25) is 0 Å². The maximum absolute atomic E-state index is 5.96. The van der Waals surface area contributed by atoms with Crippen molar-refractivity contribution in [1.29, 1.82) is 0 Å². The van der Waals surface area contributed by atoms with Crippen LogP contribution in [-0.2, 0) is 6.54 Å². The lowest BCUT2D eigenvalue weighted by molar-refractivity contribution is -0.712. The maximum Gasteiger partial charge on any atom is 0.165 e.